The van der Waals surface area contributed by atoms with Crippen molar-refractivity contribution in [2.45, 2.75) is 18.6 Å². The summed E-state index contributed by atoms with van der Waals surface area (Å²) in [5, 5.41) is 2.00. The lowest BCUT2D eigenvalue weighted by Crippen LogP contribution is -2.46. The van der Waals surface area contributed by atoms with Crippen molar-refractivity contribution in [3.63, 3.8) is 0 Å². The van der Waals surface area contributed by atoms with E-state index in [0.29, 0.717) is 18.7 Å². The fourth-order valence-electron chi connectivity index (χ4n) is 4.37. The molecular weight excluding hydrogens is 489 g/mol. The van der Waals surface area contributed by atoms with Crippen LogP contribution in [0.4, 0.5) is 13.2 Å². The standard InChI is InChI=1S/C27H25F3N2O3S/c1-3-13-31(26(34)19-5-4-6-20(16-19)27(28,29)30)17-24(33)32-14-11-23-22(12-15-36-23)25(32)18-7-9-21(35-2)10-8-18/h3-10,12,15-16,25H,1,11,13-14,17H2,2H3. The van der Waals surface area contributed by atoms with Crippen LogP contribution in [0.15, 0.2) is 72.6 Å². The van der Waals surface area contributed by atoms with E-state index < -0.39 is 17.6 Å². The summed E-state index contributed by atoms with van der Waals surface area (Å²) in [6.45, 7) is 3.84. The number of rotatable bonds is 7. The van der Waals surface area contributed by atoms with Gasteiger partial charge in [0.15, 0.2) is 0 Å². The van der Waals surface area contributed by atoms with Crippen molar-refractivity contribution in [2.75, 3.05) is 26.7 Å². The predicted molar refractivity (Wildman–Crippen MR) is 132 cm³/mol. The Labute approximate surface area is 211 Å². The highest BCUT2D eigenvalue weighted by Gasteiger charge is 2.35. The van der Waals surface area contributed by atoms with Crippen LogP contribution in [0.2, 0.25) is 0 Å². The van der Waals surface area contributed by atoms with Gasteiger partial charge in [-0.25, -0.2) is 0 Å². The molecule has 0 spiro atoms. The third-order valence-electron chi connectivity index (χ3n) is 6.12. The van der Waals surface area contributed by atoms with Gasteiger partial charge in [-0.2, -0.15) is 13.2 Å². The van der Waals surface area contributed by atoms with Gasteiger partial charge in [-0.1, -0.05) is 24.3 Å². The Kier molecular flexibility index (Phi) is 7.49. The van der Waals surface area contributed by atoms with Crippen molar-refractivity contribution in [2.24, 2.45) is 0 Å². The predicted octanol–water partition coefficient (Wildman–Crippen LogP) is 5.58. The molecule has 1 aromatic heterocycles. The fraction of sp³-hybridized carbons (Fsp3) is 0.259. The zero-order valence-electron chi connectivity index (χ0n) is 19.6. The van der Waals surface area contributed by atoms with Gasteiger partial charge in [-0.15, -0.1) is 17.9 Å². The second-order valence-corrected chi connectivity index (χ2v) is 9.37. The minimum absolute atomic E-state index is 0.0194. The van der Waals surface area contributed by atoms with Crippen molar-refractivity contribution < 1.29 is 27.5 Å². The van der Waals surface area contributed by atoms with Gasteiger partial charge >= 0.3 is 6.18 Å². The summed E-state index contributed by atoms with van der Waals surface area (Å²) >= 11 is 1.64. The van der Waals surface area contributed by atoms with E-state index in [-0.39, 0.29) is 30.6 Å². The zero-order valence-corrected chi connectivity index (χ0v) is 20.4. The first-order chi connectivity index (χ1) is 17.2. The van der Waals surface area contributed by atoms with Crippen LogP contribution in [0.1, 0.15) is 38.0 Å². The molecule has 0 aliphatic carbocycles. The highest BCUT2D eigenvalue weighted by molar-refractivity contribution is 7.10. The zero-order chi connectivity index (χ0) is 25.9. The van der Waals surface area contributed by atoms with E-state index in [1.165, 1.54) is 28.0 Å². The number of methoxy groups -OCH3 is 1. The first kappa shape index (κ1) is 25.5. The van der Waals surface area contributed by atoms with Gasteiger partial charge in [0.05, 0.1) is 18.7 Å². The normalized spacial score (nSPS) is 15.2. The largest absolute Gasteiger partial charge is 0.497 e. The lowest BCUT2D eigenvalue weighted by molar-refractivity contribution is -0.137. The summed E-state index contributed by atoms with van der Waals surface area (Å²) in [4.78, 5) is 30.9. The van der Waals surface area contributed by atoms with Crippen LogP contribution in [-0.2, 0) is 17.4 Å². The molecule has 9 heteroatoms. The first-order valence-corrected chi connectivity index (χ1v) is 12.2. The van der Waals surface area contributed by atoms with Gasteiger partial charge in [0.1, 0.15) is 12.3 Å². The van der Waals surface area contributed by atoms with Crippen LogP contribution < -0.4 is 4.74 Å². The second kappa shape index (κ2) is 10.6. The van der Waals surface area contributed by atoms with Crippen LogP contribution >= 0.6 is 11.3 Å². The Balaban J connectivity index is 1.61. The third-order valence-corrected chi connectivity index (χ3v) is 7.11. The summed E-state index contributed by atoms with van der Waals surface area (Å²) in [6, 6.07) is 13.4. The molecule has 1 atom stereocenters. The average molecular weight is 515 g/mol. The SMILES string of the molecule is C=CCN(CC(=O)N1CCc2sccc2C1c1ccc(OC)cc1)C(=O)c1cccc(C(F)(F)F)c1. The molecule has 3 aromatic rings. The molecule has 0 bridgehead atoms. The monoisotopic (exact) mass is 514 g/mol. The highest BCUT2D eigenvalue weighted by atomic mass is 32.1. The third kappa shape index (κ3) is 5.31. The van der Waals surface area contributed by atoms with Crippen molar-refractivity contribution in [3.8, 4) is 5.75 Å². The second-order valence-electron chi connectivity index (χ2n) is 8.36. The summed E-state index contributed by atoms with van der Waals surface area (Å²) in [5.74, 6) is -0.264. The van der Waals surface area contributed by atoms with Crippen LogP contribution in [0.25, 0.3) is 0 Å². The molecule has 0 N–H and O–H groups in total. The van der Waals surface area contributed by atoms with E-state index in [2.05, 4.69) is 6.58 Å². The minimum atomic E-state index is -4.58. The van der Waals surface area contributed by atoms with Gasteiger partial charge in [-0.05, 0) is 59.3 Å². The number of halogens is 3. The van der Waals surface area contributed by atoms with Crippen molar-refractivity contribution >= 4 is 23.2 Å². The lowest BCUT2D eigenvalue weighted by Gasteiger charge is -2.37. The average Bonchev–Trinajstić information content (AvgIpc) is 3.36. The molecule has 4 rings (SSSR count). The number of hydrogen-bond donors (Lipinski definition) is 0. The van der Waals surface area contributed by atoms with Gasteiger partial charge < -0.3 is 14.5 Å². The van der Waals surface area contributed by atoms with Crippen molar-refractivity contribution in [3.05, 3.63) is 99.8 Å². The van der Waals surface area contributed by atoms with Crippen LogP contribution in [0, 0.1) is 0 Å². The Morgan fingerprint density at radius 3 is 2.61 bits per heavy atom. The first-order valence-electron chi connectivity index (χ1n) is 11.3. The summed E-state index contributed by atoms with van der Waals surface area (Å²) < 4.78 is 44.8. The molecule has 1 aliphatic rings. The van der Waals surface area contributed by atoms with Gasteiger partial charge in [0.2, 0.25) is 5.91 Å². The quantitative estimate of drug-likeness (QED) is 0.387. The number of carbonyl (C=O) groups is 2. The molecule has 0 saturated carbocycles. The van der Waals surface area contributed by atoms with E-state index >= 15 is 0 Å². The van der Waals surface area contributed by atoms with Crippen LogP contribution in [0.3, 0.4) is 0 Å². The molecule has 0 fully saturated rings. The smallest absolute Gasteiger partial charge is 0.416 e. The molecule has 0 saturated heterocycles. The summed E-state index contributed by atoms with van der Waals surface area (Å²) in [7, 11) is 1.58. The lowest BCUT2D eigenvalue weighted by atomic mass is 9.93. The van der Waals surface area contributed by atoms with E-state index in [1.807, 2.05) is 35.7 Å². The van der Waals surface area contributed by atoms with E-state index in [1.54, 1.807) is 23.3 Å². The molecule has 2 heterocycles. The fourth-order valence-corrected chi connectivity index (χ4v) is 5.27. The number of carbonyl (C=O) groups excluding carboxylic acids is 2. The Morgan fingerprint density at radius 2 is 1.94 bits per heavy atom. The maximum atomic E-state index is 13.6. The maximum absolute atomic E-state index is 13.6. The van der Waals surface area contributed by atoms with Gasteiger partial charge in [-0.3, -0.25) is 9.59 Å². The number of alkyl halides is 3. The molecule has 5 nitrogen and oxygen atoms in total. The number of thiophene rings is 1. The number of amides is 2. The molecular formula is C27H25F3N2O3S. The van der Waals surface area contributed by atoms with Crippen molar-refractivity contribution in [1.29, 1.82) is 0 Å². The molecule has 1 aliphatic heterocycles. The van der Waals surface area contributed by atoms with E-state index in [4.69, 9.17) is 4.74 Å². The number of nitrogens with zero attached hydrogens (tertiary/aromatic N) is 2. The van der Waals surface area contributed by atoms with Gasteiger partial charge in [0.25, 0.3) is 5.91 Å². The molecule has 0 radical (unpaired) electrons. The summed E-state index contributed by atoms with van der Waals surface area (Å²) in [5.41, 5.74) is 0.885. The number of hydrogen-bond acceptors (Lipinski definition) is 4. The van der Waals surface area contributed by atoms with Crippen molar-refractivity contribution in [1.82, 2.24) is 9.80 Å². The Hall–Kier alpha value is -3.59. The Bertz CT molecular complexity index is 1250. The Morgan fingerprint density at radius 1 is 1.19 bits per heavy atom. The van der Waals surface area contributed by atoms with Crippen LogP contribution in [-0.4, -0.2) is 48.4 Å². The molecule has 36 heavy (non-hydrogen) atoms. The molecule has 1 unspecified atom stereocenters. The van der Waals surface area contributed by atoms with E-state index in [9.17, 15) is 22.8 Å². The molecule has 2 aromatic carbocycles. The maximum Gasteiger partial charge on any atom is 0.416 e. The van der Waals surface area contributed by atoms with E-state index in [0.717, 1.165) is 23.3 Å². The van der Waals surface area contributed by atoms with Crippen LogP contribution in [0.5, 0.6) is 5.75 Å². The highest BCUT2D eigenvalue weighted by Crippen LogP contribution is 2.38. The number of fused-ring (bicyclic) bond motifs is 1. The topological polar surface area (TPSA) is 49.9 Å². The molecule has 2 amide bonds. The number of ether oxygens (including phenoxy) is 1. The van der Waals surface area contributed by atoms with Gasteiger partial charge in [0, 0.05) is 23.5 Å². The molecule has 188 valence electrons. The summed E-state index contributed by atoms with van der Waals surface area (Å²) in [6.07, 6.45) is -2.44. The minimum Gasteiger partial charge on any atom is -0.497 e. The number of benzene rings is 2.